The molecule has 0 aliphatic rings. The minimum atomic E-state index is -3.67. The Bertz CT molecular complexity index is 899. The van der Waals surface area contributed by atoms with Gasteiger partial charge in [0.15, 0.2) is 0 Å². The number of benzene rings is 1. The number of sulfonamides is 1. The molecule has 2 N–H and O–H groups in total. The molecule has 22 heavy (non-hydrogen) atoms. The maximum absolute atomic E-state index is 12.1. The molecule has 8 heteroatoms. The summed E-state index contributed by atoms with van der Waals surface area (Å²) in [4.78, 5) is 0.0809. The van der Waals surface area contributed by atoms with Crippen LogP contribution < -0.4 is 4.72 Å². The van der Waals surface area contributed by atoms with Crippen LogP contribution in [0.4, 0.5) is 0 Å². The van der Waals surface area contributed by atoms with Crippen molar-refractivity contribution in [3.8, 4) is 0 Å². The summed E-state index contributed by atoms with van der Waals surface area (Å²) in [6.45, 7) is -0.0854. The molecule has 0 bridgehead atoms. The van der Waals surface area contributed by atoms with E-state index in [1.54, 1.807) is 7.05 Å². The lowest BCUT2D eigenvalue weighted by Gasteiger charge is -2.11. The van der Waals surface area contributed by atoms with Gasteiger partial charge in [0.2, 0.25) is 10.0 Å². The van der Waals surface area contributed by atoms with Gasteiger partial charge < -0.3 is 5.11 Å². The van der Waals surface area contributed by atoms with Crippen molar-refractivity contribution in [2.24, 2.45) is 7.05 Å². The Balaban J connectivity index is 1.76. The number of aliphatic hydroxyl groups excluding tert-OH is 1. The fourth-order valence-corrected chi connectivity index (χ4v) is 4.21. The van der Waals surface area contributed by atoms with Crippen molar-refractivity contribution in [1.82, 2.24) is 14.5 Å². The highest BCUT2D eigenvalue weighted by Crippen LogP contribution is 2.30. The first-order valence-corrected chi connectivity index (χ1v) is 8.96. The standard InChI is InChI=1S/C14H15N3O3S2/c1-17-8-10(6-15-17)22(19,20)16-7-13(18)12-9-21-14-5-3-2-4-11(12)14/h2-6,8-9,13,16,18H,7H2,1H3/t13-/m0/s1. The van der Waals surface area contributed by atoms with Crippen molar-refractivity contribution >= 4 is 31.4 Å². The third-order valence-electron chi connectivity index (χ3n) is 3.33. The van der Waals surface area contributed by atoms with Crippen molar-refractivity contribution in [2.75, 3.05) is 6.54 Å². The highest BCUT2D eigenvalue weighted by atomic mass is 32.2. The molecule has 0 aliphatic heterocycles. The Labute approximate surface area is 132 Å². The van der Waals surface area contributed by atoms with Gasteiger partial charge in [0.1, 0.15) is 4.90 Å². The number of aliphatic hydroxyl groups is 1. The molecule has 2 aromatic heterocycles. The zero-order valence-electron chi connectivity index (χ0n) is 11.8. The van der Waals surface area contributed by atoms with E-state index in [1.165, 1.54) is 28.4 Å². The van der Waals surface area contributed by atoms with Gasteiger partial charge in [-0.2, -0.15) is 5.10 Å². The van der Waals surface area contributed by atoms with E-state index in [0.29, 0.717) is 0 Å². The van der Waals surface area contributed by atoms with E-state index in [9.17, 15) is 13.5 Å². The molecular weight excluding hydrogens is 322 g/mol. The van der Waals surface area contributed by atoms with Crippen molar-refractivity contribution in [1.29, 1.82) is 0 Å². The maximum atomic E-state index is 12.1. The number of aromatic nitrogens is 2. The Morgan fingerprint density at radius 2 is 2.18 bits per heavy atom. The first kappa shape index (κ1) is 15.2. The molecule has 1 atom stereocenters. The van der Waals surface area contributed by atoms with Gasteiger partial charge in [-0.25, -0.2) is 13.1 Å². The van der Waals surface area contributed by atoms with Gasteiger partial charge in [0.25, 0.3) is 0 Å². The highest BCUT2D eigenvalue weighted by molar-refractivity contribution is 7.89. The summed E-state index contributed by atoms with van der Waals surface area (Å²) >= 11 is 1.52. The molecule has 3 aromatic rings. The van der Waals surface area contributed by atoms with E-state index >= 15 is 0 Å². The number of thiophene rings is 1. The Morgan fingerprint density at radius 3 is 2.91 bits per heavy atom. The predicted octanol–water partition coefficient (Wildman–Crippen LogP) is 1.65. The highest BCUT2D eigenvalue weighted by Gasteiger charge is 2.19. The number of nitrogens with one attached hydrogen (secondary N) is 1. The van der Waals surface area contributed by atoms with Crippen LogP contribution in [0.2, 0.25) is 0 Å². The van der Waals surface area contributed by atoms with Gasteiger partial charge in [-0.3, -0.25) is 4.68 Å². The largest absolute Gasteiger partial charge is 0.387 e. The normalized spacial score (nSPS) is 13.5. The topological polar surface area (TPSA) is 84.2 Å². The average Bonchev–Trinajstić information content (AvgIpc) is 3.11. The summed E-state index contributed by atoms with van der Waals surface area (Å²) in [5.41, 5.74) is 0.731. The monoisotopic (exact) mass is 337 g/mol. The second-order valence-electron chi connectivity index (χ2n) is 4.90. The van der Waals surface area contributed by atoms with Crippen LogP contribution in [0.15, 0.2) is 46.9 Å². The molecular formula is C14H15N3O3S2. The molecule has 0 unspecified atom stereocenters. The molecule has 3 rings (SSSR count). The van der Waals surface area contributed by atoms with Crippen molar-refractivity contribution < 1.29 is 13.5 Å². The van der Waals surface area contributed by atoms with Gasteiger partial charge in [-0.1, -0.05) is 18.2 Å². The molecule has 0 spiro atoms. The first-order valence-electron chi connectivity index (χ1n) is 6.60. The van der Waals surface area contributed by atoms with E-state index in [2.05, 4.69) is 9.82 Å². The van der Waals surface area contributed by atoms with Gasteiger partial charge in [-0.15, -0.1) is 11.3 Å². The van der Waals surface area contributed by atoms with Crippen LogP contribution in [0.1, 0.15) is 11.7 Å². The lowest BCUT2D eigenvalue weighted by atomic mass is 10.1. The van der Waals surface area contributed by atoms with Gasteiger partial charge >= 0.3 is 0 Å². The number of hydrogen-bond acceptors (Lipinski definition) is 5. The summed E-state index contributed by atoms with van der Waals surface area (Å²) in [6.07, 6.45) is 1.78. The number of rotatable bonds is 5. The Morgan fingerprint density at radius 1 is 1.41 bits per heavy atom. The first-order chi connectivity index (χ1) is 10.5. The van der Waals surface area contributed by atoms with Crippen molar-refractivity contribution in [3.05, 3.63) is 47.6 Å². The van der Waals surface area contributed by atoms with Crippen LogP contribution in [0.25, 0.3) is 10.1 Å². The van der Waals surface area contributed by atoms with E-state index in [0.717, 1.165) is 15.6 Å². The molecule has 2 heterocycles. The maximum Gasteiger partial charge on any atom is 0.243 e. The van der Waals surface area contributed by atoms with Gasteiger partial charge in [0.05, 0.1) is 12.3 Å². The SMILES string of the molecule is Cn1cc(S(=O)(=O)NC[C@H](O)c2csc3ccccc23)cn1. The number of fused-ring (bicyclic) bond motifs is 1. The minimum Gasteiger partial charge on any atom is -0.387 e. The number of aryl methyl sites for hydroxylation is 1. The summed E-state index contributed by atoms with van der Waals surface area (Å²) in [7, 11) is -2.02. The van der Waals surface area contributed by atoms with Crippen LogP contribution in [0, 0.1) is 0 Å². The Hall–Kier alpha value is -1.74. The molecule has 116 valence electrons. The van der Waals surface area contributed by atoms with E-state index < -0.39 is 16.1 Å². The summed E-state index contributed by atoms with van der Waals surface area (Å²) in [5, 5.41) is 16.9. The third kappa shape index (κ3) is 2.91. The quantitative estimate of drug-likeness (QED) is 0.741. The third-order valence-corrected chi connectivity index (χ3v) is 5.69. The second-order valence-corrected chi connectivity index (χ2v) is 7.58. The summed E-state index contributed by atoms with van der Waals surface area (Å²) in [5.74, 6) is 0. The van der Waals surface area contributed by atoms with E-state index in [4.69, 9.17) is 0 Å². The predicted molar refractivity (Wildman–Crippen MR) is 85.2 cm³/mol. The molecule has 0 radical (unpaired) electrons. The van der Waals surface area contributed by atoms with Crippen molar-refractivity contribution in [3.63, 3.8) is 0 Å². The van der Waals surface area contributed by atoms with E-state index in [-0.39, 0.29) is 11.4 Å². The van der Waals surface area contributed by atoms with E-state index in [1.807, 2.05) is 29.6 Å². The molecule has 0 saturated carbocycles. The molecule has 1 aromatic carbocycles. The van der Waals surface area contributed by atoms with Crippen LogP contribution in [-0.4, -0.2) is 29.8 Å². The zero-order chi connectivity index (χ0) is 15.7. The van der Waals surface area contributed by atoms with Gasteiger partial charge in [0, 0.05) is 30.1 Å². The molecule has 0 fully saturated rings. The minimum absolute atomic E-state index is 0.0809. The fraction of sp³-hybridized carbons (Fsp3) is 0.214. The number of nitrogens with zero attached hydrogens (tertiary/aromatic N) is 2. The molecule has 0 saturated heterocycles. The average molecular weight is 337 g/mol. The van der Waals surface area contributed by atoms with Crippen LogP contribution >= 0.6 is 11.3 Å². The summed E-state index contributed by atoms with van der Waals surface area (Å²) < 4.78 is 29.1. The van der Waals surface area contributed by atoms with Crippen molar-refractivity contribution in [2.45, 2.75) is 11.0 Å². The lowest BCUT2D eigenvalue weighted by Crippen LogP contribution is -2.28. The molecule has 6 nitrogen and oxygen atoms in total. The fourth-order valence-electron chi connectivity index (χ4n) is 2.18. The van der Waals surface area contributed by atoms with Crippen LogP contribution in [0.5, 0.6) is 0 Å². The zero-order valence-corrected chi connectivity index (χ0v) is 13.4. The Kier molecular flexibility index (Phi) is 4.00. The number of hydrogen-bond donors (Lipinski definition) is 2. The molecule has 0 amide bonds. The summed E-state index contributed by atoms with van der Waals surface area (Å²) in [6, 6.07) is 7.71. The van der Waals surface area contributed by atoms with Crippen LogP contribution in [-0.2, 0) is 17.1 Å². The lowest BCUT2D eigenvalue weighted by molar-refractivity contribution is 0.184. The van der Waals surface area contributed by atoms with Gasteiger partial charge in [-0.05, 0) is 16.8 Å². The smallest absolute Gasteiger partial charge is 0.243 e. The molecule has 0 aliphatic carbocycles. The second kappa shape index (κ2) is 5.81. The van der Waals surface area contributed by atoms with Crippen LogP contribution in [0.3, 0.4) is 0 Å².